The molecule has 0 spiro atoms. The second-order valence-corrected chi connectivity index (χ2v) is 7.20. The Labute approximate surface area is 147 Å². The number of halogens is 1. The molecule has 2 amide bonds. The van der Waals surface area contributed by atoms with Crippen LogP contribution in [0.2, 0.25) is 5.02 Å². The van der Waals surface area contributed by atoms with Crippen LogP contribution in [-0.2, 0) is 9.59 Å². The first kappa shape index (κ1) is 17.0. The van der Waals surface area contributed by atoms with Crippen LogP contribution in [0.4, 0.5) is 5.69 Å². The molecular formula is C19H23ClN2O2. The molecule has 1 N–H and O–H groups in total. The van der Waals surface area contributed by atoms with Gasteiger partial charge in [0.1, 0.15) is 0 Å². The van der Waals surface area contributed by atoms with Crippen molar-refractivity contribution in [3.05, 3.63) is 33.9 Å². The number of carbonyl (C=O) groups excluding carboxylic acids is 2. The third kappa shape index (κ3) is 4.18. The molecule has 0 atom stereocenters. The first-order valence-electron chi connectivity index (χ1n) is 8.54. The first-order chi connectivity index (χ1) is 11.6. The van der Waals surface area contributed by atoms with Gasteiger partial charge in [0.2, 0.25) is 12.3 Å². The van der Waals surface area contributed by atoms with E-state index in [-0.39, 0.29) is 0 Å². The molecule has 24 heavy (non-hydrogen) atoms. The molecule has 0 bridgehead atoms. The lowest BCUT2D eigenvalue weighted by atomic mass is 9.98. The number of carbonyl (C=O) groups is 2. The number of likely N-dealkylation sites (tertiary alicyclic amines) is 1. The Hall–Kier alpha value is -1.81. The molecule has 5 heteroatoms. The maximum Gasteiger partial charge on any atom is 0.222 e. The fourth-order valence-electron chi connectivity index (χ4n) is 3.17. The number of hydrogen-bond donors (Lipinski definition) is 1. The predicted molar refractivity (Wildman–Crippen MR) is 97.0 cm³/mol. The summed E-state index contributed by atoms with van der Waals surface area (Å²) in [6, 6.07) is 3.68. The zero-order chi connectivity index (χ0) is 17.1. The van der Waals surface area contributed by atoms with Gasteiger partial charge in [-0.05, 0) is 61.8 Å². The van der Waals surface area contributed by atoms with Crippen molar-refractivity contribution < 1.29 is 9.59 Å². The lowest BCUT2D eigenvalue weighted by Crippen LogP contribution is -2.36. The molecule has 2 fully saturated rings. The highest BCUT2D eigenvalue weighted by Crippen LogP contribution is 2.33. The SMILES string of the molecule is Cc1c(C=C2CCN(C(=O)CC3CC3)CC2)cc(Cl)cc1NC=O. The molecule has 0 unspecified atom stereocenters. The van der Waals surface area contributed by atoms with E-state index in [9.17, 15) is 9.59 Å². The molecule has 0 aromatic heterocycles. The van der Waals surface area contributed by atoms with E-state index in [2.05, 4.69) is 11.4 Å². The highest BCUT2D eigenvalue weighted by atomic mass is 35.5. The van der Waals surface area contributed by atoms with Crippen molar-refractivity contribution in [2.75, 3.05) is 18.4 Å². The van der Waals surface area contributed by atoms with Gasteiger partial charge in [-0.1, -0.05) is 23.3 Å². The van der Waals surface area contributed by atoms with Crippen LogP contribution in [0, 0.1) is 12.8 Å². The van der Waals surface area contributed by atoms with Gasteiger partial charge in [-0.2, -0.15) is 0 Å². The van der Waals surface area contributed by atoms with Crippen LogP contribution in [0.3, 0.4) is 0 Å². The Morgan fingerprint density at radius 1 is 1.33 bits per heavy atom. The van der Waals surface area contributed by atoms with Crippen molar-refractivity contribution in [3.8, 4) is 0 Å². The number of nitrogens with one attached hydrogen (secondary N) is 1. The maximum absolute atomic E-state index is 12.2. The summed E-state index contributed by atoms with van der Waals surface area (Å²) in [6.45, 7) is 3.58. The lowest BCUT2D eigenvalue weighted by Gasteiger charge is -2.29. The van der Waals surface area contributed by atoms with Gasteiger partial charge in [0.15, 0.2) is 0 Å². The number of amides is 2. The summed E-state index contributed by atoms with van der Waals surface area (Å²) in [7, 11) is 0. The highest BCUT2D eigenvalue weighted by molar-refractivity contribution is 6.31. The van der Waals surface area contributed by atoms with Gasteiger partial charge >= 0.3 is 0 Å². The highest BCUT2D eigenvalue weighted by Gasteiger charge is 2.28. The monoisotopic (exact) mass is 346 g/mol. The van der Waals surface area contributed by atoms with E-state index in [0.29, 0.717) is 23.3 Å². The van der Waals surface area contributed by atoms with E-state index in [1.807, 2.05) is 17.9 Å². The van der Waals surface area contributed by atoms with Gasteiger partial charge in [-0.3, -0.25) is 9.59 Å². The smallest absolute Gasteiger partial charge is 0.222 e. The van der Waals surface area contributed by atoms with Crippen LogP contribution in [0.25, 0.3) is 6.08 Å². The summed E-state index contributed by atoms with van der Waals surface area (Å²) in [5.74, 6) is 0.959. The van der Waals surface area contributed by atoms with Crippen molar-refractivity contribution in [1.29, 1.82) is 0 Å². The standard InChI is InChI=1S/C19H23ClN2O2/c1-13-16(10-17(20)11-18(13)21-12-23)8-15-4-6-22(7-5-15)19(24)9-14-2-3-14/h8,10-12,14H,2-7,9H2,1H3,(H,21,23). The van der Waals surface area contributed by atoms with Crippen LogP contribution >= 0.6 is 11.6 Å². The van der Waals surface area contributed by atoms with E-state index in [4.69, 9.17) is 11.6 Å². The Morgan fingerprint density at radius 3 is 2.67 bits per heavy atom. The van der Waals surface area contributed by atoms with Crippen LogP contribution in [0.15, 0.2) is 17.7 Å². The Kier molecular flexibility index (Phi) is 5.24. The molecule has 1 saturated heterocycles. The third-order valence-corrected chi connectivity index (χ3v) is 5.12. The molecule has 2 aliphatic rings. The van der Waals surface area contributed by atoms with Gasteiger partial charge in [0, 0.05) is 30.2 Å². The topological polar surface area (TPSA) is 49.4 Å². The van der Waals surface area contributed by atoms with E-state index in [1.54, 1.807) is 6.07 Å². The fraction of sp³-hybridized carbons (Fsp3) is 0.474. The largest absolute Gasteiger partial charge is 0.342 e. The van der Waals surface area contributed by atoms with Crippen molar-refractivity contribution in [3.63, 3.8) is 0 Å². The van der Waals surface area contributed by atoms with Crippen LogP contribution < -0.4 is 5.32 Å². The molecule has 1 aliphatic heterocycles. The summed E-state index contributed by atoms with van der Waals surface area (Å²) >= 11 is 6.16. The normalized spacial score (nSPS) is 17.6. The third-order valence-electron chi connectivity index (χ3n) is 4.91. The van der Waals surface area contributed by atoms with Gasteiger partial charge in [-0.25, -0.2) is 0 Å². The lowest BCUT2D eigenvalue weighted by molar-refractivity contribution is -0.132. The minimum Gasteiger partial charge on any atom is -0.342 e. The van der Waals surface area contributed by atoms with E-state index < -0.39 is 0 Å². The summed E-state index contributed by atoms with van der Waals surface area (Å²) in [4.78, 5) is 24.9. The van der Waals surface area contributed by atoms with Crippen molar-refractivity contribution in [2.24, 2.45) is 5.92 Å². The van der Waals surface area contributed by atoms with Crippen LogP contribution in [-0.4, -0.2) is 30.3 Å². The number of anilines is 1. The van der Waals surface area contributed by atoms with Crippen LogP contribution in [0.1, 0.15) is 43.2 Å². The molecular weight excluding hydrogens is 324 g/mol. The van der Waals surface area contributed by atoms with Crippen LogP contribution in [0.5, 0.6) is 0 Å². The van der Waals surface area contributed by atoms with E-state index in [1.165, 1.54) is 18.4 Å². The molecule has 128 valence electrons. The molecule has 1 aromatic rings. The summed E-state index contributed by atoms with van der Waals surface area (Å²) < 4.78 is 0. The summed E-state index contributed by atoms with van der Waals surface area (Å²) in [5.41, 5.74) is 4.10. The average Bonchev–Trinajstić information content (AvgIpc) is 3.36. The minimum absolute atomic E-state index is 0.313. The zero-order valence-corrected chi connectivity index (χ0v) is 14.7. The summed E-state index contributed by atoms with van der Waals surface area (Å²) in [5, 5.41) is 3.30. The van der Waals surface area contributed by atoms with Crippen molar-refractivity contribution in [2.45, 2.75) is 39.0 Å². The quantitative estimate of drug-likeness (QED) is 0.818. The molecule has 1 aromatic carbocycles. The molecule has 3 rings (SSSR count). The number of piperidine rings is 1. The van der Waals surface area contributed by atoms with Gasteiger partial charge < -0.3 is 10.2 Å². The van der Waals surface area contributed by atoms with E-state index >= 15 is 0 Å². The molecule has 4 nitrogen and oxygen atoms in total. The summed E-state index contributed by atoms with van der Waals surface area (Å²) in [6.07, 6.45) is 7.79. The number of nitrogens with zero attached hydrogens (tertiary/aromatic N) is 1. The molecule has 0 radical (unpaired) electrons. The fourth-order valence-corrected chi connectivity index (χ4v) is 3.40. The van der Waals surface area contributed by atoms with E-state index in [0.717, 1.165) is 49.2 Å². The minimum atomic E-state index is 0.313. The Bertz CT molecular complexity index is 670. The number of rotatable bonds is 5. The molecule has 1 heterocycles. The maximum atomic E-state index is 12.2. The average molecular weight is 347 g/mol. The Morgan fingerprint density at radius 2 is 2.04 bits per heavy atom. The van der Waals surface area contributed by atoms with Gasteiger partial charge in [-0.15, -0.1) is 0 Å². The molecule has 1 saturated carbocycles. The molecule has 1 aliphatic carbocycles. The predicted octanol–water partition coefficient (Wildman–Crippen LogP) is 4.02. The van der Waals surface area contributed by atoms with Crippen molar-refractivity contribution in [1.82, 2.24) is 4.90 Å². The second kappa shape index (κ2) is 7.39. The first-order valence-corrected chi connectivity index (χ1v) is 8.92. The van der Waals surface area contributed by atoms with Crippen molar-refractivity contribution >= 4 is 35.7 Å². The number of benzene rings is 1. The van der Waals surface area contributed by atoms with Gasteiger partial charge in [0.25, 0.3) is 0 Å². The Balaban J connectivity index is 1.67. The second-order valence-electron chi connectivity index (χ2n) is 6.76. The number of hydrogen-bond acceptors (Lipinski definition) is 2. The van der Waals surface area contributed by atoms with Gasteiger partial charge in [0.05, 0.1) is 0 Å². The zero-order valence-electron chi connectivity index (χ0n) is 14.0.